The molecule has 1 aliphatic heterocycles. The standard InChI is InChI=1S/C16H26N2O/c1-12(2)19-10-9-18-8-7-15-11-14(13(3)17-4)5-6-16(15)18/h5-6,11-13,17H,7-10H2,1-4H3. The molecule has 1 aliphatic rings. The van der Waals surface area contributed by atoms with Crippen molar-refractivity contribution in [1.82, 2.24) is 5.32 Å². The Morgan fingerprint density at radius 1 is 1.32 bits per heavy atom. The maximum atomic E-state index is 5.65. The van der Waals surface area contributed by atoms with Crippen molar-refractivity contribution < 1.29 is 4.74 Å². The number of rotatable bonds is 6. The lowest BCUT2D eigenvalue weighted by molar-refractivity contribution is 0.0843. The molecule has 1 aromatic rings. The second kappa shape index (κ2) is 6.40. The first-order valence-corrected chi connectivity index (χ1v) is 7.28. The lowest BCUT2D eigenvalue weighted by Crippen LogP contribution is -2.26. The summed E-state index contributed by atoms with van der Waals surface area (Å²) in [5, 5.41) is 3.30. The molecule has 1 N–H and O–H groups in total. The van der Waals surface area contributed by atoms with Crippen LogP contribution in [0.1, 0.15) is 37.9 Å². The third-order valence-corrected chi connectivity index (χ3v) is 3.84. The lowest BCUT2D eigenvalue weighted by atomic mass is 10.0. The van der Waals surface area contributed by atoms with Crippen molar-refractivity contribution >= 4 is 5.69 Å². The minimum Gasteiger partial charge on any atom is -0.377 e. The van der Waals surface area contributed by atoms with Crippen LogP contribution in [0.2, 0.25) is 0 Å². The summed E-state index contributed by atoms with van der Waals surface area (Å²) in [4.78, 5) is 2.44. The monoisotopic (exact) mass is 262 g/mol. The molecule has 0 saturated heterocycles. The molecular formula is C16H26N2O. The number of anilines is 1. The average molecular weight is 262 g/mol. The van der Waals surface area contributed by atoms with Crippen molar-refractivity contribution in [1.29, 1.82) is 0 Å². The first-order valence-electron chi connectivity index (χ1n) is 7.28. The molecule has 3 nitrogen and oxygen atoms in total. The maximum Gasteiger partial charge on any atom is 0.0645 e. The maximum absolute atomic E-state index is 5.65. The van der Waals surface area contributed by atoms with E-state index in [0.29, 0.717) is 12.1 Å². The summed E-state index contributed by atoms with van der Waals surface area (Å²) in [6.45, 7) is 9.30. The summed E-state index contributed by atoms with van der Waals surface area (Å²) in [5.74, 6) is 0. The highest BCUT2D eigenvalue weighted by Crippen LogP contribution is 2.30. The van der Waals surface area contributed by atoms with Gasteiger partial charge in [0.2, 0.25) is 0 Å². The Hall–Kier alpha value is -1.06. The van der Waals surface area contributed by atoms with E-state index in [1.165, 1.54) is 16.8 Å². The topological polar surface area (TPSA) is 24.5 Å². The fraction of sp³-hybridized carbons (Fsp3) is 0.625. The second-order valence-electron chi connectivity index (χ2n) is 5.56. The number of fused-ring (bicyclic) bond motifs is 1. The van der Waals surface area contributed by atoms with Crippen LogP contribution < -0.4 is 10.2 Å². The zero-order valence-electron chi connectivity index (χ0n) is 12.6. The average Bonchev–Trinajstić information content (AvgIpc) is 2.80. The van der Waals surface area contributed by atoms with Crippen molar-refractivity contribution in [2.45, 2.75) is 39.3 Å². The van der Waals surface area contributed by atoms with E-state index < -0.39 is 0 Å². The minimum atomic E-state index is 0.320. The van der Waals surface area contributed by atoms with Crippen molar-refractivity contribution in [3.05, 3.63) is 29.3 Å². The van der Waals surface area contributed by atoms with Gasteiger partial charge in [0.05, 0.1) is 12.7 Å². The fourth-order valence-electron chi connectivity index (χ4n) is 2.56. The molecule has 1 unspecified atom stereocenters. The zero-order valence-corrected chi connectivity index (χ0v) is 12.6. The van der Waals surface area contributed by atoms with Gasteiger partial charge < -0.3 is 15.0 Å². The summed E-state index contributed by atoms with van der Waals surface area (Å²) >= 11 is 0. The van der Waals surface area contributed by atoms with Gasteiger partial charge in [-0.05, 0) is 51.4 Å². The van der Waals surface area contributed by atoms with E-state index in [0.717, 1.165) is 26.1 Å². The van der Waals surface area contributed by atoms with Crippen molar-refractivity contribution in [3.8, 4) is 0 Å². The van der Waals surface area contributed by atoms with Crippen LogP contribution in [0.3, 0.4) is 0 Å². The fourth-order valence-corrected chi connectivity index (χ4v) is 2.56. The van der Waals surface area contributed by atoms with E-state index in [-0.39, 0.29) is 0 Å². The van der Waals surface area contributed by atoms with Crippen LogP contribution in [0.25, 0.3) is 0 Å². The first-order chi connectivity index (χ1) is 9.11. The molecule has 1 atom stereocenters. The SMILES string of the molecule is CNC(C)c1ccc2c(c1)CCN2CCOC(C)C. The van der Waals surface area contributed by atoms with E-state index in [2.05, 4.69) is 49.2 Å². The highest BCUT2D eigenvalue weighted by atomic mass is 16.5. The second-order valence-corrected chi connectivity index (χ2v) is 5.56. The molecule has 0 spiro atoms. The van der Waals surface area contributed by atoms with E-state index in [4.69, 9.17) is 4.74 Å². The Morgan fingerprint density at radius 3 is 2.79 bits per heavy atom. The molecule has 1 heterocycles. The summed E-state index contributed by atoms with van der Waals surface area (Å²) in [5.41, 5.74) is 4.24. The molecule has 0 aromatic heterocycles. The molecule has 0 amide bonds. The minimum absolute atomic E-state index is 0.320. The predicted octanol–water partition coefficient (Wildman–Crippen LogP) is 2.75. The number of nitrogens with one attached hydrogen (secondary N) is 1. The number of nitrogens with zero attached hydrogens (tertiary/aromatic N) is 1. The van der Waals surface area contributed by atoms with Crippen LogP contribution in [-0.2, 0) is 11.2 Å². The summed E-state index contributed by atoms with van der Waals surface area (Å²) in [7, 11) is 2.01. The molecule has 0 saturated carbocycles. The Morgan fingerprint density at radius 2 is 2.11 bits per heavy atom. The molecular weight excluding hydrogens is 236 g/mol. The Bertz CT molecular complexity index is 417. The zero-order chi connectivity index (χ0) is 13.8. The molecule has 0 radical (unpaired) electrons. The van der Waals surface area contributed by atoms with Gasteiger partial charge in [-0.15, -0.1) is 0 Å². The molecule has 3 heteroatoms. The third kappa shape index (κ3) is 3.48. The molecule has 1 aromatic carbocycles. The van der Waals surface area contributed by atoms with Crippen LogP contribution in [0.5, 0.6) is 0 Å². The van der Waals surface area contributed by atoms with E-state index in [1.807, 2.05) is 7.05 Å². The summed E-state index contributed by atoms with van der Waals surface area (Å²) in [6, 6.07) is 7.27. The van der Waals surface area contributed by atoms with Gasteiger partial charge in [-0.2, -0.15) is 0 Å². The molecule has 2 rings (SSSR count). The Labute approximate surface area is 116 Å². The van der Waals surface area contributed by atoms with E-state index >= 15 is 0 Å². The van der Waals surface area contributed by atoms with Gasteiger partial charge in [-0.3, -0.25) is 0 Å². The highest BCUT2D eigenvalue weighted by Gasteiger charge is 2.19. The molecule has 0 bridgehead atoms. The number of hydrogen-bond acceptors (Lipinski definition) is 3. The van der Waals surface area contributed by atoms with Crippen LogP contribution >= 0.6 is 0 Å². The van der Waals surface area contributed by atoms with Gasteiger partial charge in [0, 0.05) is 24.8 Å². The molecule has 19 heavy (non-hydrogen) atoms. The summed E-state index contributed by atoms with van der Waals surface area (Å²) < 4.78 is 5.65. The summed E-state index contributed by atoms with van der Waals surface area (Å²) in [6.07, 6.45) is 1.47. The first kappa shape index (κ1) is 14.4. The number of hydrogen-bond donors (Lipinski definition) is 1. The van der Waals surface area contributed by atoms with Crippen LogP contribution in [-0.4, -0.2) is 32.8 Å². The van der Waals surface area contributed by atoms with Gasteiger partial charge in [-0.25, -0.2) is 0 Å². The van der Waals surface area contributed by atoms with E-state index in [9.17, 15) is 0 Å². The largest absolute Gasteiger partial charge is 0.377 e. The van der Waals surface area contributed by atoms with Crippen LogP contribution in [0, 0.1) is 0 Å². The highest BCUT2D eigenvalue weighted by molar-refractivity contribution is 5.59. The van der Waals surface area contributed by atoms with Crippen molar-refractivity contribution in [2.75, 3.05) is 31.6 Å². The van der Waals surface area contributed by atoms with Gasteiger partial charge in [0.1, 0.15) is 0 Å². The van der Waals surface area contributed by atoms with Crippen LogP contribution in [0.15, 0.2) is 18.2 Å². The van der Waals surface area contributed by atoms with Crippen molar-refractivity contribution in [3.63, 3.8) is 0 Å². The molecule has 0 aliphatic carbocycles. The third-order valence-electron chi connectivity index (χ3n) is 3.84. The van der Waals surface area contributed by atoms with Gasteiger partial charge in [0.25, 0.3) is 0 Å². The molecule has 106 valence electrons. The van der Waals surface area contributed by atoms with Crippen LogP contribution in [0.4, 0.5) is 5.69 Å². The van der Waals surface area contributed by atoms with Gasteiger partial charge in [0.15, 0.2) is 0 Å². The molecule has 0 fully saturated rings. The predicted molar refractivity (Wildman–Crippen MR) is 80.9 cm³/mol. The smallest absolute Gasteiger partial charge is 0.0645 e. The Kier molecular flexibility index (Phi) is 4.83. The van der Waals surface area contributed by atoms with E-state index in [1.54, 1.807) is 0 Å². The van der Waals surface area contributed by atoms with Crippen molar-refractivity contribution in [2.24, 2.45) is 0 Å². The quantitative estimate of drug-likeness (QED) is 0.853. The van der Waals surface area contributed by atoms with Gasteiger partial charge in [-0.1, -0.05) is 12.1 Å². The lowest BCUT2D eigenvalue weighted by Gasteiger charge is -2.21. The number of ether oxygens (including phenoxy) is 1. The van der Waals surface area contributed by atoms with Gasteiger partial charge >= 0.3 is 0 Å². The normalized spacial score (nSPS) is 15.9. The number of benzene rings is 1. The Balaban J connectivity index is 2.00.